The van der Waals surface area contributed by atoms with Crippen LogP contribution in [0.15, 0.2) is 59.4 Å². The summed E-state index contributed by atoms with van der Waals surface area (Å²) >= 11 is 7.71. The van der Waals surface area contributed by atoms with E-state index in [0.29, 0.717) is 37.5 Å². The molecule has 0 N–H and O–H groups in total. The van der Waals surface area contributed by atoms with Gasteiger partial charge in [-0.15, -0.1) is 0 Å². The topological polar surface area (TPSA) is 71.3 Å². The van der Waals surface area contributed by atoms with Crippen molar-refractivity contribution in [1.82, 2.24) is 9.38 Å². The molecule has 7 nitrogen and oxygen atoms in total. The Hall–Kier alpha value is -3.75. The Morgan fingerprint density at radius 3 is 2.79 bits per heavy atom. The van der Waals surface area contributed by atoms with Crippen LogP contribution in [0.3, 0.4) is 0 Å². The average molecular weight is 493 g/mol. The van der Waals surface area contributed by atoms with Crippen LogP contribution < -0.4 is 29.0 Å². The highest BCUT2D eigenvalue weighted by Crippen LogP contribution is 2.37. The molecule has 1 aliphatic heterocycles. The number of hydrogen-bond acceptors (Lipinski definition) is 7. The zero-order valence-electron chi connectivity index (χ0n) is 17.9. The number of ether oxygens (including phenoxy) is 4. The molecule has 0 spiro atoms. The normalized spacial score (nSPS) is 13.2. The molecule has 0 unspecified atom stereocenters. The average Bonchev–Trinajstić information content (AvgIpc) is 3.52. The SMILES string of the molecule is COc1cc(/C=c2\sc3nc4ccccc4n3c2=O)ccc1OCc1cc2c(cc1Cl)OCO2. The largest absolute Gasteiger partial charge is 0.493 e. The van der Waals surface area contributed by atoms with Gasteiger partial charge in [0, 0.05) is 11.6 Å². The van der Waals surface area contributed by atoms with Crippen molar-refractivity contribution in [2.24, 2.45) is 0 Å². The van der Waals surface area contributed by atoms with Crippen LogP contribution in [0.2, 0.25) is 5.02 Å². The summed E-state index contributed by atoms with van der Waals surface area (Å²) in [4.78, 5) is 18.2. The Bertz CT molecular complexity index is 1680. The quantitative estimate of drug-likeness (QED) is 0.361. The van der Waals surface area contributed by atoms with Gasteiger partial charge in [-0.1, -0.05) is 41.1 Å². The molecule has 0 saturated carbocycles. The second kappa shape index (κ2) is 8.23. The van der Waals surface area contributed by atoms with Crippen molar-refractivity contribution in [3.8, 4) is 23.0 Å². The van der Waals surface area contributed by atoms with Crippen molar-refractivity contribution < 1.29 is 18.9 Å². The van der Waals surface area contributed by atoms with Gasteiger partial charge < -0.3 is 18.9 Å². The number of aromatic nitrogens is 2. The van der Waals surface area contributed by atoms with E-state index in [1.54, 1.807) is 17.6 Å². The smallest absolute Gasteiger partial charge is 0.274 e. The Morgan fingerprint density at radius 1 is 1.12 bits per heavy atom. The van der Waals surface area contributed by atoms with Gasteiger partial charge in [0.15, 0.2) is 28.0 Å². The fraction of sp³-hybridized carbons (Fsp3) is 0.120. The van der Waals surface area contributed by atoms with E-state index in [1.165, 1.54) is 11.3 Å². The second-order valence-corrected chi connectivity index (χ2v) is 9.05. The molecule has 0 radical (unpaired) electrons. The predicted octanol–water partition coefficient (Wildman–Crippen LogP) is 4.43. The maximum absolute atomic E-state index is 13.0. The molecule has 5 aromatic rings. The molecular formula is C25H17ClN2O5S. The van der Waals surface area contributed by atoms with Crippen molar-refractivity contribution in [1.29, 1.82) is 0 Å². The summed E-state index contributed by atoms with van der Waals surface area (Å²) < 4.78 is 24.5. The molecule has 0 atom stereocenters. The molecule has 2 aromatic heterocycles. The van der Waals surface area contributed by atoms with Gasteiger partial charge in [0.05, 0.1) is 27.7 Å². The summed E-state index contributed by atoms with van der Waals surface area (Å²) in [6.45, 7) is 0.411. The fourth-order valence-corrected chi connectivity index (χ4v) is 5.08. The van der Waals surface area contributed by atoms with Crippen molar-refractivity contribution in [2.45, 2.75) is 6.61 Å². The number of nitrogens with zero attached hydrogens (tertiary/aromatic N) is 2. The summed E-state index contributed by atoms with van der Waals surface area (Å²) in [6, 6.07) is 16.7. The summed E-state index contributed by atoms with van der Waals surface area (Å²) in [5.41, 5.74) is 3.11. The van der Waals surface area contributed by atoms with E-state index in [4.69, 9.17) is 30.5 Å². The van der Waals surface area contributed by atoms with Gasteiger partial charge >= 0.3 is 0 Å². The highest BCUT2D eigenvalue weighted by atomic mass is 35.5. The van der Waals surface area contributed by atoms with Crippen molar-refractivity contribution in [3.05, 3.63) is 85.6 Å². The lowest BCUT2D eigenvalue weighted by Gasteiger charge is -2.12. The first kappa shape index (κ1) is 20.8. The molecule has 170 valence electrons. The van der Waals surface area contributed by atoms with Crippen LogP contribution in [0.5, 0.6) is 23.0 Å². The van der Waals surface area contributed by atoms with E-state index in [2.05, 4.69) is 4.98 Å². The Balaban J connectivity index is 1.30. The minimum atomic E-state index is -0.0922. The lowest BCUT2D eigenvalue weighted by atomic mass is 10.2. The maximum atomic E-state index is 13.0. The van der Waals surface area contributed by atoms with Gasteiger partial charge in [0.2, 0.25) is 6.79 Å². The molecule has 0 bridgehead atoms. The van der Waals surface area contributed by atoms with Gasteiger partial charge in [0.25, 0.3) is 5.56 Å². The van der Waals surface area contributed by atoms with E-state index in [1.807, 2.05) is 54.6 Å². The fourth-order valence-electron chi connectivity index (χ4n) is 3.88. The van der Waals surface area contributed by atoms with E-state index >= 15 is 0 Å². The zero-order valence-corrected chi connectivity index (χ0v) is 19.5. The summed E-state index contributed by atoms with van der Waals surface area (Å²) in [5.74, 6) is 2.37. The van der Waals surface area contributed by atoms with Crippen LogP contribution in [0.1, 0.15) is 11.1 Å². The number of benzene rings is 3. The predicted molar refractivity (Wildman–Crippen MR) is 131 cm³/mol. The Kier molecular flexibility index (Phi) is 5.04. The summed E-state index contributed by atoms with van der Waals surface area (Å²) in [7, 11) is 1.57. The third-order valence-corrected chi connectivity index (χ3v) is 6.88. The first-order valence-electron chi connectivity index (χ1n) is 10.4. The number of halogens is 1. The van der Waals surface area contributed by atoms with Crippen LogP contribution in [0.4, 0.5) is 0 Å². The Morgan fingerprint density at radius 2 is 1.94 bits per heavy atom. The molecule has 1 aliphatic rings. The maximum Gasteiger partial charge on any atom is 0.274 e. The highest BCUT2D eigenvalue weighted by molar-refractivity contribution is 7.15. The molecular weight excluding hydrogens is 476 g/mol. The number of para-hydroxylation sites is 2. The van der Waals surface area contributed by atoms with E-state index in [9.17, 15) is 4.79 Å². The third-order valence-electron chi connectivity index (χ3n) is 5.56. The molecule has 3 aromatic carbocycles. The van der Waals surface area contributed by atoms with Crippen LogP contribution >= 0.6 is 22.9 Å². The van der Waals surface area contributed by atoms with Crippen LogP contribution in [-0.2, 0) is 6.61 Å². The molecule has 9 heteroatoms. The minimum absolute atomic E-state index is 0.0922. The number of hydrogen-bond donors (Lipinski definition) is 0. The van der Waals surface area contributed by atoms with Gasteiger partial charge in [-0.3, -0.25) is 4.79 Å². The molecule has 0 aliphatic carbocycles. The summed E-state index contributed by atoms with van der Waals surface area (Å²) in [5, 5.41) is 0.534. The lowest BCUT2D eigenvalue weighted by molar-refractivity contribution is 0.174. The summed E-state index contributed by atoms with van der Waals surface area (Å²) in [6.07, 6.45) is 1.83. The number of imidazole rings is 1. The first-order valence-corrected chi connectivity index (χ1v) is 11.6. The molecule has 3 heterocycles. The van der Waals surface area contributed by atoms with E-state index < -0.39 is 0 Å². The van der Waals surface area contributed by atoms with Gasteiger partial charge in [-0.05, 0) is 42.0 Å². The Labute approximate surface area is 202 Å². The molecule has 6 rings (SSSR count). The second-order valence-electron chi connectivity index (χ2n) is 7.63. The van der Waals surface area contributed by atoms with Crippen LogP contribution in [0.25, 0.3) is 22.1 Å². The number of fused-ring (bicyclic) bond motifs is 4. The minimum Gasteiger partial charge on any atom is -0.493 e. The molecule has 34 heavy (non-hydrogen) atoms. The monoisotopic (exact) mass is 492 g/mol. The van der Waals surface area contributed by atoms with Crippen LogP contribution in [-0.4, -0.2) is 23.3 Å². The van der Waals surface area contributed by atoms with Crippen molar-refractivity contribution >= 4 is 45.0 Å². The van der Waals surface area contributed by atoms with Crippen molar-refractivity contribution in [3.63, 3.8) is 0 Å². The standard InChI is InChI=1S/C25H17ClN2O5S/c1-30-20-8-14(9-23-24(29)28-18-5-3-2-4-17(18)27-25(28)34-23)6-7-19(20)31-12-15-10-21-22(11-16(15)26)33-13-32-21/h2-11H,12-13H2,1H3/b23-9-. The van der Waals surface area contributed by atoms with E-state index in [-0.39, 0.29) is 19.0 Å². The van der Waals surface area contributed by atoms with Gasteiger partial charge in [-0.25, -0.2) is 9.38 Å². The van der Waals surface area contributed by atoms with E-state index in [0.717, 1.165) is 22.2 Å². The van der Waals surface area contributed by atoms with Crippen molar-refractivity contribution in [2.75, 3.05) is 13.9 Å². The number of thiazole rings is 1. The molecule has 0 fully saturated rings. The van der Waals surface area contributed by atoms with Gasteiger partial charge in [-0.2, -0.15) is 0 Å². The molecule has 0 saturated heterocycles. The third kappa shape index (κ3) is 3.52. The van der Waals surface area contributed by atoms with Crippen LogP contribution in [0, 0.1) is 0 Å². The number of methoxy groups -OCH3 is 1. The number of rotatable bonds is 5. The zero-order chi connectivity index (χ0) is 23.2. The lowest BCUT2D eigenvalue weighted by Crippen LogP contribution is -2.22. The van der Waals surface area contributed by atoms with Gasteiger partial charge in [0.1, 0.15) is 6.61 Å². The molecule has 0 amide bonds. The highest BCUT2D eigenvalue weighted by Gasteiger charge is 2.17. The first-order chi connectivity index (χ1) is 16.6.